The van der Waals surface area contributed by atoms with Gasteiger partial charge in [0.25, 0.3) is 0 Å². The maximum absolute atomic E-state index is 12.0. The number of rotatable bonds is 4. The molecule has 1 atom stereocenters. The van der Waals surface area contributed by atoms with Gasteiger partial charge < -0.3 is 14.8 Å². The van der Waals surface area contributed by atoms with Crippen LogP contribution in [0.3, 0.4) is 0 Å². The van der Waals surface area contributed by atoms with Gasteiger partial charge in [-0.2, -0.15) is 0 Å². The molecule has 27 heavy (non-hydrogen) atoms. The molecule has 0 aliphatic carbocycles. The Labute approximate surface area is 156 Å². The highest BCUT2D eigenvalue weighted by Gasteiger charge is 2.44. The fourth-order valence-electron chi connectivity index (χ4n) is 3.24. The zero-order chi connectivity index (χ0) is 18.9. The second-order valence-corrected chi connectivity index (χ2v) is 6.19. The van der Waals surface area contributed by atoms with Crippen molar-refractivity contribution in [3.05, 3.63) is 54.0 Å². The zero-order valence-electron chi connectivity index (χ0n) is 15.0. The number of benzene rings is 1. The first-order valence-corrected chi connectivity index (χ1v) is 8.40. The Morgan fingerprint density at radius 1 is 1.26 bits per heavy atom. The van der Waals surface area contributed by atoms with E-state index in [1.807, 2.05) is 36.6 Å². The summed E-state index contributed by atoms with van der Waals surface area (Å²) in [5.74, 6) is 1.19. The van der Waals surface area contributed by atoms with Crippen molar-refractivity contribution in [2.45, 2.75) is 12.0 Å². The molecule has 0 aromatic heterocycles. The van der Waals surface area contributed by atoms with Crippen molar-refractivity contribution in [2.75, 3.05) is 19.6 Å². The van der Waals surface area contributed by atoms with Crippen LogP contribution in [0.25, 0.3) is 0 Å². The number of carbonyl (C=O) groups is 1. The molecule has 8 nitrogen and oxygen atoms in total. The van der Waals surface area contributed by atoms with Gasteiger partial charge in [0.05, 0.1) is 32.0 Å². The number of amides is 1. The molecule has 0 radical (unpaired) electrons. The molecule has 1 aromatic carbocycles. The minimum atomic E-state index is -0.790. The zero-order valence-corrected chi connectivity index (χ0v) is 15.0. The summed E-state index contributed by atoms with van der Waals surface area (Å²) in [5, 5.41) is 4.45. The van der Waals surface area contributed by atoms with Crippen molar-refractivity contribution in [3.8, 4) is 11.5 Å². The molecule has 0 bridgehead atoms. The van der Waals surface area contributed by atoms with Gasteiger partial charge in [-0.15, -0.1) is 0 Å². The summed E-state index contributed by atoms with van der Waals surface area (Å²) in [6.45, 7) is 0. The number of hydrogen-bond acceptors (Lipinski definition) is 7. The van der Waals surface area contributed by atoms with E-state index in [-0.39, 0.29) is 12.3 Å². The molecule has 1 aromatic rings. The third-order valence-electron chi connectivity index (χ3n) is 4.59. The van der Waals surface area contributed by atoms with Crippen molar-refractivity contribution in [1.29, 1.82) is 0 Å². The molecule has 0 fully saturated rings. The van der Waals surface area contributed by atoms with E-state index in [4.69, 9.17) is 9.47 Å². The summed E-state index contributed by atoms with van der Waals surface area (Å²) >= 11 is 0. The second kappa shape index (κ2) is 6.64. The maximum atomic E-state index is 12.0. The fourth-order valence-corrected chi connectivity index (χ4v) is 3.24. The van der Waals surface area contributed by atoms with Gasteiger partial charge in [0.2, 0.25) is 5.91 Å². The predicted octanol–water partition coefficient (Wildman–Crippen LogP) is 2.00. The Morgan fingerprint density at radius 3 is 2.93 bits per heavy atom. The van der Waals surface area contributed by atoms with Crippen molar-refractivity contribution in [1.82, 2.24) is 10.3 Å². The van der Waals surface area contributed by atoms with Crippen LogP contribution in [0.4, 0.5) is 5.69 Å². The van der Waals surface area contributed by atoms with Gasteiger partial charge in [0.1, 0.15) is 11.9 Å². The van der Waals surface area contributed by atoms with Gasteiger partial charge >= 0.3 is 0 Å². The van der Waals surface area contributed by atoms with Gasteiger partial charge in [-0.25, -0.2) is 0 Å². The molecule has 3 aliphatic heterocycles. The van der Waals surface area contributed by atoms with E-state index in [0.29, 0.717) is 17.2 Å². The number of nitrogens with one attached hydrogen (secondary N) is 2. The molecule has 3 heterocycles. The number of hydrazine groups is 1. The molecule has 3 aliphatic rings. The minimum absolute atomic E-state index is 0.0893. The number of allylic oxidation sites excluding steroid dienone is 1. The molecular formula is C19H19N5O3. The molecule has 1 amide bonds. The van der Waals surface area contributed by atoms with Crippen molar-refractivity contribution in [3.63, 3.8) is 0 Å². The number of aliphatic imine (C=N–C) groups is 2. The van der Waals surface area contributed by atoms with E-state index in [2.05, 4.69) is 20.7 Å². The van der Waals surface area contributed by atoms with E-state index in [1.54, 1.807) is 38.0 Å². The molecule has 1 unspecified atom stereocenters. The molecular weight excluding hydrogens is 346 g/mol. The lowest BCUT2D eigenvalue weighted by atomic mass is 9.82. The topological polar surface area (TPSA) is 87.5 Å². The number of anilines is 1. The van der Waals surface area contributed by atoms with E-state index < -0.39 is 5.54 Å². The molecule has 4 rings (SSSR count). The molecule has 1 spiro atoms. The smallest absolute Gasteiger partial charge is 0.227 e. The van der Waals surface area contributed by atoms with Gasteiger partial charge in [0.15, 0.2) is 11.5 Å². The molecule has 8 heteroatoms. The highest BCUT2D eigenvalue weighted by molar-refractivity contribution is 5.86. The largest absolute Gasteiger partial charge is 0.493 e. The lowest BCUT2D eigenvalue weighted by Gasteiger charge is -2.37. The number of methoxy groups -OCH3 is 2. The SMILES string of the molecule is COc1ccc(NN2C=NC34CC(=O)NC=C3N=CC=CC4=C2)cc1OC. The van der Waals surface area contributed by atoms with Crippen LogP contribution in [0.2, 0.25) is 0 Å². The van der Waals surface area contributed by atoms with Crippen LogP contribution in [0, 0.1) is 0 Å². The van der Waals surface area contributed by atoms with Gasteiger partial charge in [0, 0.05) is 30.3 Å². The third-order valence-corrected chi connectivity index (χ3v) is 4.59. The van der Waals surface area contributed by atoms with Crippen LogP contribution in [-0.2, 0) is 4.79 Å². The minimum Gasteiger partial charge on any atom is -0.493 e. The van der Waals surface area contributed by atoms with E-state index in [0.717, 1.165) is 11.3 Å². The first-order valence-electron chi connectivity index (χ1n) is 8.40. The summed E-state index contributed by atoms with van der Waals surface area (Å²) in [6.07, 6.45) is 10.9. The number of ether oxygens (including phenoxy) is 2. The van der Waals surface area contributed by atoms with Crippen molar-refractivity contribution < 1.29 is 14.3 Å². The Balaban J connectivity index is 1.63. The fraction of sp³-hybridized carbons (Fsp3) is 0.211. The number of nitrogens with zero attached hydrogens (tertiary/aromatic N) is 3. The quantitative estimate of drug-likeness (QED) is 0.852. The summed E-state index contributed by atoms with van der Waals surface area (Å²) in [6, 6.07) is 5.53. The summed E-state index contributed by atoms with van der Waals surface area (Å²) in [4.78, 5) is 21.1. The Bertz CT molecular complexity index is 931. The van der Waals surface area contributed by atoms with Gasteiger partial charge in [-0.3, -0.25) is 25.2 Å². The van der Waals surface area contributed by atoms with Crippen molar-refractivity contribution >= 4 is 24.1 Å². The lowest BCUT2D eigenvalue weighted by molar-refractivity contribution is -0.121. The maximum Gasteiger partial charge on any atom is 0.227 e. The highest BCUT2D eigenvalue weighted by atomic mass is 16.5. The van der Waals surface area contributed by atoms with Crippen LogP contribution in [0.1, 0.15) is 6.42 Å². The second-order valence-electron chi connectivity index (χ2n) is 6.19. The van der Waals surface area contributed by atoms with Gasteiger partial charge in [-0.1, -0.05) is 6.08 Å². The van der Waals surface area contributed by atoms with Crippen LogP contribution in [0.5, 0.6) is 11.5 Å². The lowest BCUT2D eigenvalue weighted by Crippen LogP contribution is -2.45. The first kappa shape index (κ1) is 16.9. The van der Waals surface area contributed by atoms with Gasteiger partial charge in [-0.05, 0) is 18.2 Å². The van der Waals surface area contributed by atoms with Crippen LogP contribution >= 0.6 is 0 Å². The standard InChI is InChI=1S/C19H19N5O3/c1-26-15-6-5-14(8-16(15)27-2)23-24-11-13-4-3-7-20-17-10-21-18(25)9-19(13,17)22-12-24/h3-8,10-12,23H,9H2,1-2H3,(H,21,25). The average Bonchev–Trinajstić information content (AvgIpc) is 2.86. The van der Waals surface area contributed by atoms with Crippen LogP contribution < -0.4 is 20.2 Å². The number of hydrogen-bond donors (Lipinski definition) is 2. The molecule has 2 N–H and O–H groups in total. The van der Waals surface area contributed by atoms with Crippen LogP contribution in [0.15, 0.2) is 64.0 Å². The normalized spacial score (nSPS) is 22.7. The average molecular weight is 365 g/mol. The Morgan fingerprint density at radius 2 is 2.11 bits per heavy atom. The molecule has 138 valence electrons. The molecule has 0 saturated heterocycles. The Kier molecular flexibility index (Phi) is 4.15. The van der Waals surface area contributed by atoms with E-state index >= 15 is 0 Å². The summed E-state index contributed by atoms with van der Waals surface area (Å²) in [5.41, 5.74) is 4.84. The summed E-state index contributed by atoms with van der Waals surface area (Å²) < 4.78 is 10.6. The molecule has 0 saturated carbocycles. The van der Waals surface area contributed by atoms with E-state index in [9.17, 15) is 4.79 Å². The predicted molar refractivity (Wildman–Crippen MR) is 103 cm³/mol. The summed E-state index contributed by atoms with van der Waals surface area (Å²) in [7, 11) is 3.19. The highest BCUT2D eigenvalue weighted by Crippen LogP contribution is 2.40. The third kappa shape index (κ3) is 2.95. The monoisotopic (exact) mass is 365 g/mol. The number of carbonyl (C=O) groups excluding carboxylic acids is 1. The van der Waals surface area contributed by atoms with E-state index in [1.165, 1.54) is 0 Å². The van der Waals surface area contributed by atoms with Crippen molar-refractivity contribution in [2.24, 2.45) is 9.98 Å². The first-order chi connectivity index (χ1) is 13.1. The van der Waals surface area contributed by atoms with Crippen LogP contribution in [-0.4, -0.2) is 43.2 Å². The Hall–Kier alpha value is -3.55.